The van der Waals surface area contributed by atoms with Crippen LogP contribution in [0.1, 0.15) is 20.8 Å². The first-order valence-corrected chi connectivity index (χ1v) is 5.29. The Balaban J connectivity index is 5.19. The van der Waals surface area contributed by atoms with Crippen molar-refractivity contribution in [3.8, 4) is 0 Å². The lowest BCUT2D eigenvalue weighted by molar-refractivity contribution is -0.211. The maximum absolute atomic E-state index is 11.2. The molecule has 2 atom stereocenters. The topological polar surface area (TPSA) is 102 Å². The van der Waals surface area contributed by atoms with Crippen LogP contribution >= 0.6 is 0 Å². The Bertz CT molecular complexity index is 313. The molecular formula is C11H20O7. The number of rotatable bonds is 8. The van der Waals surface area contributed by atoms with E-state index in [1.807, 2.05) is 0 Å². The summed E-state index contributed by atoms with van der Waals surface area (Å²) < 4.78 is 15.0. The second kappa shape index (κ2) is 6.12. The van der Waals surface area contributed by atoms with Crippen molar-refractivity contribution in [3.05, 3.63) is 0 Å². The van der Waals surface area contributed by atoms with Gasteiger partial charge in [0.1, 0.15) is 0 Å². The van der Waals surface area contributed by atoms with Gasteiger partial charge in [0, 0.05) is 14.2 Å². The van der Waals surface area contributed by atoms with Gasteiger partial charge in [0.05, 0.1) is 12.2 Å². The number of carboxylic acid groups (broad SMARTS) is 2. The lowest BCUT2D eigenvalue weighted by Gasteiger charge is -2.35. The van der Waals surface area contributed by atoms with Crippen LogP contribution in [0.15, 0.2) is 0 Å². The summed E-state index contributed by atoms with van der Waals surface area (Å²) in [5.74, 6) is -2.60. The number of aliphatic carboxylic acids is 2. The summed E-state index contributed by atoms with van der Waals surface area (Å²) in [6, 6.07) is 0. The van der Waals surface area contributed by atoms with Crippen LogP contribution in [0.25, 0.3) is 0 Å². The molecule has 0 aliphatic carbocycles. The van der Waals surface area contributed by atoms with Crippen molar-refractivity contribution in [2.75, 3.05) is 20.8 Å². The van der Waals surface area contributed by atoms with Crippen LogP contribution in [0.4, 0.5) is 0 Å². The molecule has 0 aliphatic rings. The molecule has 0 aromatic heterocycles. The number of carbonyl (C=O) groups is 2. The number of ether oxygens (including phenoxy) is 3. The molecule has 0 amide bonds. The summed E-state index contributed by atoms with van der Waals surface area (Å²) in [7, 11) is 2.63. The summed E-state index contributed by atoms with van der Waals surface area (Å²) >= 11 is 0. The van der Waals surface area contributed by atoms with Crippen LogP contribution in [0.5, 0.6) is 0 Å². The highest BCUT2D eigenvalue weighted by atomic mass is 16.6. The maximum atomic E-state index is 11.2. The zero-order valence-electron chi connectivity index (χ0n) is 11.2. The first-order valence-electron chi connectivity index (χ1n) is 5.29. The van der Waals surface area contributed by atoms with E-state index >= 15 is 0 Å². The minimum atomic E-state index is -1.76. The molecular weight excluding hydrogens is 244 g/mol. The molecule has 0 heterocycles. The largest absolute Gasteiger partial charge is 0.479 e. The van der Waals surface area contributed by atoms with Gasteiger partial charge in [0.25, 0.3) is 0 Å². The number of methoxy groups -OCH3 is 2. The highest BCUT2D eigenvalue weighted by Gasteiger charge is 2.45. The van der Waals surface area contributed by atoms with E-state index in [-0.39, 0.29) is 6.61 Å². The zero-order valence-corrected chi connectivity index (χ0v) is 11.2. The van der Waals surface area contributed by atoms with Crippen molar-refractivity contribution in [2.45, 2.75) is 38.1 Å². The Morgan fingerprint density at radius 1 is 1.17 bits per heavy atom. The molecule has 2 N–H and O–H groups in total. The first-order chi connectivity index (χ1) is 8.10. The molecule has 0 rings (SSSR count). The Kier molecular flexibility index (Phi) is 5.72. The predicted molar refractivity (Wildman–Crippen MR) is 61.5 cm³/mol. The zero-order chi connectivity index (χ0) is 14.6. The molecule has 7 nitrogen and oxygen atoms in total. The van der Waals surface area contributed by atoms with Crippen LogP contribution in [0, 0.1) is 0 Å². The molecule has 0 radical (unpaired) electrons. The van der Waals surface area contributed by atoms with E-state index in [4.69, 9.17) is 24.4 Å². The van der Waals surface area contributed by atoms with Gasteiger partial charge in [-0.2, -0.15) is 0 Å². The third-order valence-corrected chi connectivity index (χ3v) is 2.63. The van der Waals surface area contributed by atoms with E-state index in [1.54, 1.807) is 0 Å². The molecule has 0 aromatic carbocycles. The van der Waals surface area contributed by atoms with Crippen LogP contribution < -0.4 is 0 Å². The van der Waals surface area contributed by atoms with Gasteiger partial charge in [0.2, 0.25) is 0 Å². The first kappa shape index (κ1) is 16.8. The quantitative estimate of drug-likeness (QED) is 0.653. The Morgan fingerprint density at radius 2 is 1.67 bits per heavy atom. The average Bonchev–Trinajstić information content (AvgIpc) is 2.25. The van der Waals surface area contributed by atoms with E-state index in [0.29, 0.717) is 0 Å². The van der Waals surface area contributed by atoms with E-state index in [0.717, 1.165) is 0 Å². The van der Waals surface area contributed by atoms with Crippen molar-refractivity contribution in [2.24, 2.45) is 0 Å². The Labute approximate surface area is 106 Å². The molecule has 106 valence electrons. The lowest BCUT2D eigenvalue weighted by atomic mass is 9.99. The predicted octanol–water partition coefficient (Wildman–Crippen LogP) is 0.371. The monoisotopic (exact) mass is 264 g/mol. The van der Waals surface area contributed by atoms with Crippen molar-refractivity contribution in [1.82, 2.24) is 0 Å². The lowest BCUT2D eigenvalue weighted by Crippen LogP contribution is -2.54. The number of carboxylic acids is 2. The van der Waals surface area contributed by atoms with Gasteiger partial charge in [-0.15, -0.1) is 0 Å². The summed E-state index contributed by atoms with van der Waals surface area (Å²) in [4.78, 5) is 22.3. The summed E-state index contributed by atoms with van der Waals surface area (Å²) in [5, 5.41) is 18.2. The Morgan fingerprint density at radius 3 is 1.94 bits per heavy atom. The molecule has 0 saturated heterocycles. The van der Waals surface area contributed by atoms with E-state index in [2.05, 4.69) is 0 Å². The molecule has 0 spiro atoms. The van der Waals surface area contributed by atoms with Crippen LogP contribution in [0.3, 0.4) is 0 Å². The van der Waals surface area contributed by atoms with Crippen LogP contribution in [0.2, 0.25) is 0 Å². The van der Waals surface area contributed by atoms with Gasteiger partial charge >= 0.3 is 11.9 Å². The van der Waals surface area contributed by atoms with Gasteiger partial charge in [0.15, 0.2) is 11.7 Å². The minimum absolute atomic E-state index is 0.272. The van der Waals surface area contributed by atoms with Crippen molar-refractivity contribution in [3.63, 3.8) is 0 Å². The average molecular weight is 264 g/mol. The summed E-state index contributed by atoms with van der Waals surface area (Å²) in [5.41, 5.74) is -2.93. The van der Waals surface area contributed by atoms with Gasteiger partial charge in [-0.3, -0.25) is 0 Å². The smallest absolute Gasteiger partial charge is 0.338 e. The Hall–Kier alpha value is -1.18. The molecule has 0 fully saturated rings. The second-order valence-electron chi connectivity index (χ2n) is 4.61. The van der Waals surface area contributed by atoms with Crippen molar-refractivity contribution < 1.29 is 34.0 Å². The van der Waals surface area contributed by atoms with Gasteiger partial charge in [-0.1, -0.05) is 0 Å². The summed E-state index contributed by atoms with van der Waals surface area (Å²) in [6.45, 7) is 3.98. The molecule has 18 heavy (non-hydrogen) atoms. The third-order valence-electron chi connectivity index (χ3n) is 2.63. The fraction of sp³-hybridized carbons (Fsp3) is 0.818. The van der Waals surface area contributed by atoms with Crippen LogP contribution in [-0.2, 0) is 23.8 Å². The van der Waals surface area contributed by atoms with Gasteiger partial charge in [-0.25, -0.2) is 9.59 Å². The number of hydrogen-bond donors (Lipinski definition) is 2. The summed E-state index contributed by atoms with van der Waals surface area (Å²) in [6.07, 6.45) is -1.43. The molecule has 0 aliphatic heterocycles. The fourth-order valence-electron chi connectivity index (χ4n) is 1.28. The third kappa shape index (κ3) is 3.94. The second-order valence-corrected chi connectivity index (χ2v) is 4.61. The minimum Gasteiger partial charge on any atom is -0.479 e. The maximum Gasteiger partial charge on any atom is 0.338 e. The van der Waals surface area contributed by atoms with Crippen molar-refractivity contribution >= 4 is 11.9 Å². The molecule has 2 unspecified atom stereocenters. The van der Waals surface area contributed by atoms with Crippen LogP contribution in [-0.4, -0.2) is 60.3 Å². The van der Waals surface area contributed by atoms with Crippen molar-refractivity contribution in [1.29, 1.82) is 0 Å². The van der Waals surface area contributed by atoms with Gasteiger partial charge in [-0.05, 0) is 20.8 Å². The SMILES string of the molecule is COCC(C)(OC(C(=O)O)C(C)(C)OC)C(=O)O. The molecule has 0 aromatic rings. The van der Waals surface area contributed by atoms with E-state index in [1.165, 1.54) is 35.0 Å². The van der Waals surface area contributed by atoms with E-state index < -0.39 is 29.2 Å². The van der Waals surface area contributed by atoms with E-state index in [9.17, 15) is 9.59 Å². The molecule has 0 saturated carbocycles. The normalized spacial score (nSPS) is 16.9. The standard InChI is InChI=1S/C11H20O7/c1-10(2,17-5)7(8(12)13)18-11(3,6-16-4)9(14)15/h7H,6H2,1-5H3,(H,12,13)(H,14,15). The molecule has 7 heteroatoms. The highest BCUT2D eigenvalue weighted by Crippen LogP contribution is 2.24. The van der Waals surface area contributed by atoms with Gasteiger partial charge < -0.3 is 24.4 Å². The fourth-order valence-corrected chi connectivity index (χ4v) is 1.28. The highest BCUT2D eigenvalue weighted by molar-refractivity contribution is 5.79. The number of hydrogen-bond acceptors (Lipinski definition) is 5. The molecule has 0 bridgehead atoms.